The van der Waals surface area contributed by atoms with Crippen LogP contribution in [0, 0.1) is 0 Å². The maximum atomic E-state index is 13.2. The molecule has 1 atom stereocenters. The van der Waals surface area contributed by atoms with Crippen molar-refractivity contribution in [3.63, 3.8) is 0 Å². The minimum absolute atomic E-state index is 0.0925. The molecule has 1 heterocycles. The van der Waals surface area contributed by atoms with Crippen LogP contribution < -0.4 is 10.6 Å². The van der Waals surface area contributed by atoms with Crippen molar-refractivity contribution in [1.29, 1.82) is 0 Å². The molecule has 1 unspecified atom stereocenters. The number of nitrogens with zero attached hydrogens (tertiary/aromatic N) is 2. The Morgan fingerprint density at radius 3 is 2.43 bits per heavy atom. The number of benzene rings is 2. The summed E-state index contributed by atoms with van der Waals surface area (Å²) in [4.78, 5) is 43.0. The second-order valence-corrected chi connectivity index (χ2v) is 19.0. The van der Waals surface area contributed by atoms with Gasteiger partial charge in [-0.25, -0.2) is 14.6 Å². The summed E-state index contributed by atoms with van der Waals surface area (Å²) in [6, 6.07) is 14.9. The molecule has 0 aliphatic heterocycles. The first-order chi connectivity index (χ1) is 22.2. The van der Waals surface area contributed by atoms with Crippen molar-refractivity contribution in [2.75, 3.05) is 19.0 Å². The normalized spacial score (nSPS) is 12.1. The molecule has 2 N–H and O–H groups in total. The minimum Gasteiger partial charge on any atom is -0.461 e. The highest BCUT2D eigenvalue weighted by atomic mass is 28.3. The molecule has 2 amide bonds. The maximum Gasteiger partial charge on any atom is 0.411 e. The van der Waals surface area contributed by atoms with Gasteiger partial charge in [-0.05, 0) is 56.5 Å². The fourth-order valence-corrected chi connectivity index (χ4v) is 5.27. The van der Waals surface area contributed by atoms with Crippen LogP contribution in [0.25, 0.3) is 11.3 Å². The molecule has 0 saturated carbocycles. The third-order valence-electron chi connectivity index (χ3n) is 6.83. The predicted octanol–water partition coefficient (Wildman–Crippen LogP) is 7.47. The van der Waals surface area contributed by atoms with Gasteiger partial charge < -0.3 is 28.8 Å². The molecule has 0 spiro atoms. The van der Waals surface area contributed by atoms with E-state index in [9.17, 15) is 14.4 Å². The Morgan fingerprint density at radius 2 is 1.79 bits per heavy atom. The highest BCUT2D eigenvalue weighted by Gasteiger charge is 2.28. The largest absolute Gasteiger partial charge is 0.461 e. The lowest BCUT2D eigenvalue weighted by Gasteiger charge is -2.24. The Balaban J connectivity index is 2.02. The van der Waals surface area contributed by atoms with Crippen LogP contribution in [0.3, 0.4) is 0 Å². The van der Waals surface area contributed by atoms with Gasteiger partial charge in [0.05, 0.1) is 19.2 Å². The summed E-state index contributed by atoms with van der Waals surface area (Å²) in [7, 11) is -0.0525. The summed E-state index contributed by atoms with van der Waals surface area (Å²) in [5.41, 5.74) is 2.86. The van der Waals surface area contributed by atoms with Crippen LogP contribution in [-0.4, -0.2) is 55.1 Å². The number of esters is 1. The first-order valence-corrected chi connectivity index (χ1v) is 19.3. The fraction of sp³-hybridized carbons (Fsp3) is 0.429. The number of hydrogen-bond donors (Lipinski definition) is 2. The molecule has 2 aromatic carbocycles. The number of alkyl carbamates (subject to hydrolysis) is 1. The molecule has 0 aliphatic carbocycles. The Bertz CT molecular complexity index is 1510. The number of imidazole rings is 1. The van der Waals surface area contributed by atoms with E-state index >= 15 is 0 Å². The van der Waals surface area contributed by atoms with Gasteiger partial charge in [0.25, 0.3) is 0 Å². The van der Waals surface area contributed by atoms with Crippen LogP contribution in [-0.2, 0) is 43.5 Å². The maximum absolute atomic E-state index is 13.2. The van der Waals surface area contributed by atoms with Crippen molar-refractivity contribution >= 4 is 31.9 Å². The number of methoxy groups -OCH3 is 1. The van der Waals surface area contributed by atoms with Gasteiger partial charge >= 0.3 is 18.2 Å². The second-order valence-electron chi connectivity index (χ2n) is 13.3. The summed E-state index contributed by atoms with van der Waals surface area (Å²) < 4.78 is 23.8. The average molecular weight is 665 g/mol. The van der Waals surface area contributed by atoms with Crippen LogP contribution in [0.4, 0.5) is 15.3 Å². The molecule has 12 heteroatoms. The summed E-state index contributed by atoms with van der Waals surface area (Å²) in [6.07, 6.45) is 2.61. The Hall–Kier alpha value is -4.42. The molecule has 47 heavy (non-hydrogen) atoms. The number of aromatic nitrogens is 2. The fourth-order valence-electron chi connectivity index (χ4n) is 4.52. The quantitative estimate of drug-likeness (QED) is 0.0563. The molecule has 3 aromatic rings. The molecule has 254 valence electrons. The first kappa shape index (κ1) is 37.0. The van der Waals surface area contributed by atoms with Gasteiger partial charge in [0.1, 0.15) is 30.8 Å². The zero-order chi connectivity index (χ0) is 34.6. The second kappa shape index (κ2) is 16.9. The molecule has 0 saturated heterocycles. The molecule has 0 aliphatic rings. The van der Waals surface area contributed by atoms with Gasteiger partial charge in [0.15, 0.2) is 0 Å². The van der Waals surface area contributed by atoms with E-state index < -0.39 is 37.9 Å². The standard InChI is InChI=1S/C35H48N4O7Si/c1-9-13-26-20-27(36-33(41)43-5)16-17-28(26)30-22-39(24-44-18-19-47(6,7)8)32(37-30)29(38-34(42)46-35(2,3)4)21-31(40)45-23-25-14-11-10-12-15-25/h9-12,14-17,20,22,29H,1,13,18-19,21,23-24H2,2-8H3,(H,36,41)(H,38,42). The Kier molecular flexibility index (Phi) is 13.3. The van der Waals surface area contributed by atoms with Crippen LogP contribution in [0.2, 0.25) is 25.7 Å². The number of allylic oxidation sites excluding steroid dienone is 1. The van der Waals surface area contributed by atoms with Crippen LogP contribution in [0.1, 0.15) is 50.2 Å². The number of rotatable bonds is 15. The molecular weight excluding hydrogens is 616 g/mol. The predicted molar refractivity (Wildman–Crippen MR) is 185 cm³/mol. The molecule has 0 bridgehead atoms. The summed E-state index contributed by atoms with van der Waals surface area (Å²) in [6.45, 7) is 16.8. The van der Waals surface area contributed by atoms with Crippen molar-refractivity contribution in [2.24, 2.45) is 0 Å². The van der Waals surface area contributed by atoms with Crippen LogP contribution in [0.15, 0.2) is 67.4 Å². The lowest BCUT2D eigenvalue weighted by Crippen LogP contribution is -2.37. The van der Waals surface area contributed by atoms with Crippen molar-refractivity contribution < 1.29 is 33.3 Å². The Labute approximate surface area is 278 Å². The molecule has 11 nitrogen and oxygen atoms in total. The molecule has 0 radical (unpaired) electrons. The van der Waals surface area contributed by atoms with E-state index in [0.29, 0.717) is 30.2 Å². The molecule has 0 fully saturated rings. The van der Waals surface area contributed by atoms with E-state index in [1.165, 1.54) is 7.11 Å². The lowest BCUT2D eigenvalue weighted by atomic mass is 10.0. The van der Waals surface area contributed by atoms with E-state index in [0.717, 1.165) is 22.7 Å². The topological polar surface area (TPSA) is 130 Å². The van der Waals surface area contributed by atoms with Gasteiger partial charge in [-0.3, -0.25) is 10.1 Å². The molecular formula is C35H48N4O7Si. The monoisotopic (exact) mass is 664 g/mol. The van der Waals surface area contributed by atoms with E-state index in [1.807, 2.05) is 48.7 Å². The van der Waals surface area contributed by atoms with Crippen molar-refractivity contribution in [3.8, 4) is 11.3 Å². The van der Waals surface area contributed by atoms with Gasteiger partial charge in [-0.1, -0.05) is 62.1 Å². The third kappa shape index (κ3) is 12.7. The minimum atomic E-state index is -1.35. The van der Waals surface area contributed by atoms with Crippen LogP contribution >= 0.6 is 0 Å². The van der Waals surface area contributed by atoms with Gasteiger partial charge in [0.2, 0.25) is 0 Å². The zero-order valence-corrected chi connectivity index (χ0v) is 29.6. The van der Waals surface area contributed by atoms with E-state index in [2.05, 4.69) is 36.9 Å². The number of nitrogens with one attached hydrogen (secondary N) is 2. The van der Waals surface area contributed by atoms with E-state index in [-0.39, 0.29) is 19.8 Å². The highest BCUT2D eigenvalue weighted by molar-refractivity contribution is 6.76. The van der Waals surface area contributed by atoms with Gasteiger partial charge in [-0.2, -0.15) is 0 Å². The molecule has 3 rings (SSSR count). The summed E-state index contributed by atoms with van der Waals surface area (Å²) in [5, 5.41) is 5.53. The number of amides is 2. The van der Waals surface area contributed by atoms with Crippen molar-refractivity contribution in [3.05, 3.63) is 84.3 Å². The summed E-state index contributed by atoms with van der Waals surface area (Å²) >= 11 is 0. The van der Waals surface area contributed by atoms with Gasteiger partial charge in [-0.15, -0.1) is 6.58 Å². The van der Waals surface area contributed by atoms with Crippen LogP contribution in [0.5, 0.6) is 0 Å². The number of carbonyl (C=O) groups excluding carboxylic acids is 3. The van der Waals surface area contributed by atoms with Gasteiger partial charge in [0, 0.05) is 32.1 Å². The number of carbonyl (C=O) groups is 3. The first-order valence-electron chi connectivity index (χ1n) is 15.6. The third-order valence-corrected chi connectivity index (χ3v) is 8.53. The highest BCUT2D eigenvalue weighted by Crippen LogP contribution is 2.30. The zero-order valence-electron chi connectivity index (χ0n) is 28.6. The SMILES string of the molecule is C=CCc1cc(NC(=O)OC)ccc1-c1cn(COCC[Si](C)(C)C)c(C(CC(=O)OCc2ccccc2)NC(=O)OC(C)(C)C)n1. The molecule has 1 aromatic heterocycles. The van der Waals surface area contributed by atoms with Crippen molar-refractivity contribution in [1.82, 2.24) is 14.9 Å². The summed E-state index contributed by atoms with van der Waals surface area (Å²) in [5.74, 6) is -0.118. The van der Waals surface area contributed by atoms with Crippen molar-refractivity contribution in [2.45, 2.75) is 84.3 Å². The number of hydrogen-bond acceptors (Lipinski definition) is 8. The average Bonchev–Trinajstić information content (AvgIpc) is 3.41. The Morgan fingerprint density at radius 1 is 1.06 bits per heavy atom. The number of ether oxygens (including phenoxy) is 4. The lowest BCUT2D eigenvalue weighted by molar-refractivity contribution is -0.145. The number of anilines is 1. The van der Waals surface area contributed by atoms with E-state index in [4.69, 9.17) is 23.9 Å². The van der Waals surface area contributed by atoms with E-state index in [1.54, 1.807) is 37.5 Å². The smallest absolute Gasteiger partial charge is 0.411 e.